The summed E-state index contributed by atoms with van der Waals surface area (Å²) in [5, 5.41) is 5.73. The Morgan fingerprint density at radius 3 is 2.46 bits per heavy atom. The summed E-state index contributed by atoms with van der Waals surface area (Å²) in [6.07, 6.45) is 7.85. The smallest absolute Gasteiger partial charge is 0.225 e. The van der Waals surface area contributed by atoms with Crippen molar-refractivity contribution in [1.29, 1.82) is 0 Å². The monoisotopic (exact) mass is 508 g/mol. The van der Waals surface area contributed by atoms with Crippen molar-refractivity contribution in [1.82, 2.24) is 24.6 Å². The highest BCUT2D eigenvalue weighted by atomic mass is 19.1. The van der Waals surface area contributed by atoms with E-state index in [0.29, 0.717) is 12.5 Å². The van der Waals surface area contributed by atoms with E-state index in [4.69, 9.17) is 15.1 Å². The van der Waals surface area contributed by atoms with Gasteiger partial charge in [-0.15, -0.1) is 0 Å². The number of carbonyl (C=O) groups is 1. The molecule has 0 saturated carbocycles. The highest BCUT2D eigenvalue weighted by Crippen LogP contribution is 2.30. The molecule has 1 amide bonds. The average Bonchev–Trinajstić information content (AvgIpc) is 3.07. The van der Waals surface area contributed by atoms with Crippen LogP contribution in [-0.4, -0.2) is 56.7 Å². The van der Waals surface area contributed by atoms with Gasteiger partial charge in [-0.25, -0.2) is 19.0 Å². The summed E-state index contributed by atoms with van der Waals surface area (Å²) in [5.41, 5.74) is 2.37. The molecule has 3 heterocycles. The molecule has 0 aliphatic carbocycles. The van der Waals surface area contributed by atoms with Crippen molar-refractivity contribution in [2.24, 2.45) is 5.92 Å². The van der Waals surface area contributed by atoms with Gasteiger partial charge in [-0.2, -0.15) is 5.10 Å². The van der Waals surface area contributed by atoms with Crippen LogP contribution in [0.4, 0.5) is 10.2 Å². The molecule has 1 fully saturated rings. The Hall–Kier alpha value is -3.03. The molecule has 0 N–H and O–H groups in total. The summed E-state index contributed by atoms with van der Waals surface area (Å²) >= 11 is 0. The van der Waals surface area contributed by atoms with E-state index in [9.17, 15) is 9.18 Å². The molecule has 1 aliphatic heterocycles. The van der Waals surface area contributed by atoms with Crippen LogP contribution < -0.4 is 4.90 Å². The maximum Gasteiger partial charge on any atom is 0.225 e. The standard InChI is InChI=1S/C29H41FN6O/c1-5-8-11-22(7-3)29(37)35-18-10-17-34(19-20-35)27-26-21(4)33-36(24-15-13-23(30)14-16-24)28(26)32-25(31-27)12-9-6-2/h13-16,22H,5-12,17-20H2,1-4H3/t22-/m1/s1. The lowest BCUT2D eigenvalue weighted by atomic mass is 9.97. The molecule has 7 nitrogen and oxygen atoms in total. The van der Waals surface area contributed by atoms with E-state index in [1.807, 2.05) is 6.92 Å². The van der Waals surface area contributed by atoms with Gasteiger partial charge >= 0.3 is 0 Å². The molecule has 4 rings (SSSR count). The van der Waals surface area contributed by atoms with Crippen LogP contribution in [-0.2, 0) is 11.2 Å². The first kappa shape index (κ1) is 27.0. The number of aryl methyl sites for hydroxylation is 2. The number of fused-ring (bicyclic) bond motifs is 1. The maximum atomic E-state index is 13.6. The minimum absolute atomic E-state index is 0.120. The summed E-state index contributed by atoms with van der Waals surface area (Å²) in [6.45, 7) is 11.5. The Labute approximate surface area is 220 Å². The van der Waals surface area contributed by atoms with Gasteiger partial charge in [0.05, 0.1) is 16.8 Å². The highest BCUT2D eigenvalue weighted by Gasteiger charge is 2.27. The molecular formula is C29H41FN6O. The van der Waals surface area contributed by atoms with Crippen molar-refractivity contribution < 1.29 is 9.18 Å². The van der Waals surface area contributed by atoms with E-state index in [1.165, 1.54) is 12.1 Å². The molecule has 0 radical (unpaired) electrons. The molecule has 1 aromatic carbocycles. The SMILES string of the molecule is CCCCc1nc(N2CCCN(C(=O)[C@H](CC)CCCC)CC2)c2c(C)nn(-c3ccc(F)cc3)c2n1. The molecule has 37 heavy (non-hydrogen) atoms. The second-order valence-electron chi connectivity index (χ2n) is 10.2. The lowest BCUT2D eigenvalue weighted by Gasteiger charge is -2.26. The zero-order valence-electron chi connectivity index (χ0n) is 22.8. The van der Waals surface area contributed by atoms with Gasteiger partial charge in [-0.05, 0) is 56.9 Å². The van der Waals surface area contributed by atoms with Gasteiger partial charge in [0.2, 0.25) is 5.91 Å². The highest BCUT2D eigenvalue weighted by molar-refractivity contribution is 5.91. The second kappa shape index (κ2) is 12.5. The molecule has 1 saturated heterocycles. The van der Waals surface area contributed by atoms with Gasteiger partial charge < -0.3 is 9.80 Å². The summed E-state index contributed by atoms with van der Waals surface area (Å²) in [5.74, 6) is 1.84. The fourth-order valence-corrected chi connectivity index (χ4v) is 5.20. The largest absolute Gasteiger partial charge is 0.354 e. The average molecular weight is 509 g/mol. The second-order valence-corrected chi connectivity index (χ2v) is 10.2. The topological polar surface area (TPSA) is 67.2 Å². The number of anilines is 1. The zero-order valence-corrected chi connectivity index (χ0v) is 22.8. The van der Waals surface area contributed by atoms with Gasteiger partial charge in [-0.1, -0.05) is 40.0 Å². The lowest BCUT2D eigenvalue weighted by molar-refractivity contribution is -0.135. The molecule has 200 valence electrons. The minimum atomic E-state index is -0.278. The summed E-state index contributed by atoms with van der Waals surface area (Å²) in [7, 11) is 0. The fourth-order valence-electron chi connectivity index (χ4n) is 5.20. The van der Waals surface area contributed by atoms with Crippen LogP contribution in [0.5, 0.6) is 0 Å². The number of amides is 1. The minimum Gasteiger partial charge on any atom is -0.354 e. The molecule has 1 aliphatic rings. The van der Waals surface area contributed by atoms with Gasteiger partial charge in [0, 0.05) is 38.5 Å². The van der Waals surface area contributed by atoms with Crippen LogP contribution >= 0.6 is 0 Å². The van der Waals surface area contributed by atoms with E-state index in [0.717, 1.165) is 105 Å². The van der Waals surface area contributed by atoms with Crippen molar-refractivity contribution >= 4 is 22.8 Å². The fraction of sp³-hybridized carbons (Fsp3) is 0.586. The third-order valence-corrected chi connectivity index (χ3v) is 7.41. The Morgan fingerprint density at radius 1 is 1.00 bits per heavy atom. The van der Waals surface area contributed by atoms with E-state index in [1.54, 1.807) is 16.8 Å². The number of unbranched alkanes of at least 4 members (excludes halogenated alkanes) is 2. The van der Waals surface area contributed by atoms with Gasteiger partial charge in [0.25, 0.3) is 0 Å². The molecule has 8 heteroatoms. The predicted molar refractivity (Wildman–Crippen MR) is 147 cm³/mol. The van der Waals surface area contributed by atoms with Crippen molar-refractivity contribution in [3.05, 3.63) is 41.6 Å². The predicted octanol–water partition coefficient (Wildman–Crippen LogP) is 5.86. The lowest BCUT2D eigenvalue weighted by Crippen LogP contribution is -2.39. The molecule has 3 aromatic rings. The van der Waals surface area contributed by atoms with E-state index in [-0.39, 0.29) is 11.7 Å². The molecular weight excluding hydrogens is 467 g/mol. The molecule has 0 unspecified atom stereocenters. The first-order chi connectivity index (χ1) is 18.0. The zero-order chi connectivity index (χ0) is 26.4. The number of halogens is 1. The summed E-state index contributed by atoms with van der Waals surface area (Å²) in [6, 6.07) is 6.35. The van der Waals surface area contributed by atoms with Gasteiger partial charge in [-0.3, -0.25) is 4.79 Å². The molecule has 0 spiro atoms. The van der Waals surface area contributed by atoms with E-state index in [2.05, 4.69) is 30.6 Å². The number of rotatable bonds is 10. The molecule has 1 atom stereocenters. The number of hydrogen-bond donors (Lipinski definition) is 0. The van der Waals surface area contributed by atoms with Crippen LogP contribution in [0.3, 0.4) is 0 Å². The van der Waals surface area contributed by atoms with Crippen molar-refractivity contribution in [3.8, 4) is 5.69 Å². The first-order valence-corrected chi connectivity index (χ1v) is 14.0. The van der Waals surface area contributed by atoms with Crippen molar-refractivity contribution in [2.75, 3.05) is 31.1 Å². The van der Waals surface area contributed by atoms with Gasteiger partial charge in [0.1, 0.15) is 17.5 Å². The van der Waals surface area contributed by atoms with Crippen molar-refractivity contribution in [3.63, 3.8) is 0 Å². The summed E-state index contributed by atoms with van der Waals surface area (Å²) in [4.78, 5) is 27.6. The van der Waals surface area contributed by atoms with Crippen LogP contribution in [0, 0.1) is 18.7 Å². The first-order valence-electron chi connectivity index (χ1n) is 14.0. The van der Waals surface area contributed by atoms with Gasteiger partial charge in [0.15, 0.2) is 5.65 Å². The summed E-state index contributed by atoms with van der Waals surface area (Å²) < 4.78 is 15.4. The van der Waals surface area contributed by atoms with E-state index >= 15 is 0 Å². The third kappa shape index (κ3) is 6.11. The number of carbonyl (C=O) groups excluding carboxylic acids is 1. The number of nitrogens with zero attached hydrogens (tertiary/aromatic N) is 6. The van der Waals surface area contributed by atoms with E-state index < -0.39 is 0 Å². The Morgan fingerprint density at radius 2 is 1.76 bits per heavy atom. The Balaban J connectivity index is 1.67. The van der Waals surface area contributed by atoms with Crippen LogP contribution in [0.15, 0.2) is 24.3 Å². The number of benzene rings is 1. The quantitative estimate of drug-likeness (QED) is 0.343. The molecule has 0 bridgehead atoms. The number of aromatic nitrogens is 4. The maximum absolute atomic E-state index is 13.6. The van der Waals surface area contributed by atoms with Crippen molar-refractivity contribution in [2.45, 2.75) is 79.1 Å². The van der Waals surface area contributed by atoms with Crippen LogP contribution in [0.1, 0.15) is 77.2 Å². The molecule has 2 aromatic heterocycles. The normalized spacial score (nSPS) is 15.3. The Bertz CT molecular complexity index is 1190. The number of hydrogen-bond acceptors (Lipinski definition) is 5. The third-order valence-electron chi connectivity index (χ3n) is 7.41. The van der Waals surface area contributed by atoms with Crippen LogP contribution in [0.2, 0.25) is 0 Å². The Kier molecular flexibility index (Phi) is 9.11. The van der Waals surface area contributed by atoms with Crippen LogP contribution in [0.25, 0.3) is 16.7 Å².